The molecule has 0 fully saturated rings. The second-order valence-corrected chi connectivity index (χ2v) is 5.13. The highest BCUT2D eigenvalue weighted by molar-refractivity contribution is 7.15. The van der Waals surface area contributed by atoms with E-state index in [1.54, 1.807) is 18.2 Å². The fourth-order valence-corrected chi connectivity index (χ4v) is 2.46. The second-order valence-electron chi connectivity index (χ2n) is 4.12. The van der Waals surface area contributed by atoms with E-state index in [2.05, 4.69) is 15.5 Å². The van der Waals surface area contributed by atoms with Crippen molar-refractivity contribution in [2.24, 2.45) is 0 Å². The Morgan fingerprint density at radius 1 is 1.40 bits per heavy atom. The van der Waals surface area contributed by atoms with Gasteiger partial charge in [-0.3, -0.25) is 10.1 Å². The average molecular weight is 297 g/mol. The summed E-state index contributed by atoms with van der Waals surface area (Å²) < 4.78 is 30.1. The summed E-state index contributed by atoms with van der Waals surface area (Å²) in [4.78, 5) is 12.0. The van der Waals surface area contributed by atoms with Crippen LogP contribution in [0.4, 0.5) is 13.9 Å². The van der Waals surface area contributed by atoms with Gasteiger partial charge in [-0.2, -0.15) is 0 Å². The van der Waals surface area contributed by atoms with Crippen molar-refractivity contribution in [2.45, 2.75) is 12.8 Å². The molecule has 1 aliphatic heterocycles. The molecule has 1 amide bonds. The summed E-state index contributed by atoms with van der Waals surface area (Å²) in [6, 6.07) is 5.07. The summed E-state index contributed by atoms with van der Waals surface area (Å²) in [7, 11) is 0. The Bertz CT molecular complexity index is 660. The molecule has 2 aromatic rings. The first-order valence-corrected chi connectivity index (χ1v) is 6.64. The average Bonchev–Trinajstić information content (AvgIpc) is 3.05. The largest absolute Gasteiger partial charge is 0.493 e. The van der Waals surface area contributed by atoms with Crippen LogP contribution in [0.2, 0.25) is 0 Å². The van der Waals surface area contributed by atoms with Crippen molar-refractivity contribution >= 4 is 22.4 Å². The number of nitrogens with one attached hydrogen (secondary N) is 1. The van der Waals surface area contributed by atoms with Crippen LogP contribution in [-0.4, -0.2) is 22.7 Å². The van der Waals surface area contributed by atoms with Crippen LogP contribution in [0.5, 0.6) is 5.75 Å². The van der Waals surface area contributed by atoms with E-state index in [1.165, 1.54) is 0 Å². The van der Waals surface area contributed by atoms with Gasteiger partial charge in [0.05, 0.1) is 6.61 Å². The maximum absolute atomic E-state index is 12.4. The minimum Gasteiger partial charge on any atom is -0.493 e. The number of fused-ring (bicyclic) bond motifs is 1. The number of anilines is 1. The molecule has 1 aliphatic rings. The Kier molecular flexibility index (Phi) is 3.31. The summed E-state index contributed by atoms with van der Waals surface area (Å²) in [6.45, 7) is 0.606. The second kappa shape index (κ2) is 5.12. The number of benzene rings is 1. The molecular formula is C12H9F2N3O2S. The molecule has 2 heterocycles. The van der Waals surface area contributed by atoms with Gasteiger partial charge in [0, 0.05) is 12.0 Å². The van der Waals surface area contributed by atoms with E-state index in [-0.39, 0.29) is 5.13 Å². The number of nitrogens with zero attached hydrogens (tertiary/aromatic N) is 2. The molecule has 20 heavy (non-hydrogen) atoms. The molecule has 0 atom stereocenters. The van der Waals surface area contributed by atoms with E-state index in [1.807, 2.05) is 0 Å². The van der Waals surface area contributed by atoms with E-state index >= 15 is 0 Å². The van der Waals surface area contributed by atoms with Gasteiger partial charge in [0.1, 0.15) is 5.75 Å². The van der Waals surface area contributed by atoms with E-state index in [4.69, 9.17) is 4.74 Å². The van der Waals surface area contributed by atoms with Crippen molar-refractivity contribution in [1.29, 1.82) is 0 Å². The predicted octanol–water partition coefficient (Wildman–Crippen LogP) is 2.66. The molecule has 0 radical (unpaired) electrons. The van der Waals surface area contributed by atoms with Gasteiger partial charge in [-0.25, -0.2) is 8.78 Å². The number of aromatic nitrogens is 2. The Labute approximate surface area is 116 Å². The molecule has 1 aromatic heterocycles. The van der Waals surface area contributed by atoms with Gasteiger partial charge >= 0.3 is 0 Å². The number of carbonyl (C=O) groups is 1. The lowest BCUT2D eigenvalue weighted by molar-refractivity contribution is 0.102. The van der Waals surface area contributed by atoms with Crippen LogP contribution >= 0.6 is 11.3 Å². The monoisotopic (exact) mass is 297 g/mol. The first-order chi connectivity index (χ1) is 9.63. The van der Waals surface area contributed by atoms with Crippen LogP contribution in [0.3, 0.4) is 0 Å². The van der Waals surface area contributed by atoms with Crippen LogP contribution in [0.1, 0.15) is 27.4 Å². The topological polar surface area (TPSA) is 64.1 Å². The number of rotatable bonds is 3. The number of hydrogen-bond acceptors (Lipinski definition) is 5. The van der Waals surface area contributed by atoms with E-state index in [0.717, 1.165) is 17.7 Å². The molecule has 0 bridgehead atoms. The van der Waals surface area contributed by atoms with Gasteiger partial charge in [-0.1, -0.05) is 11.3 Å². The molecule has 5 nitrogen and oxygen atoms in total. The van der Waals surface area contributed by atoms with Crippen LogP contribution in [-0.2, 0) is 6.42 Å². The number of alkyl halides is 2. The fourth-order valence-electron chi connectivity index (χ4n) is 1.87. The first kappa shape index (κ1) is 12.9. The van der Waals surface area contributed by atoms with Gasteiger partial charge in [-0.15, -0.1) is 10.2 Å². The van der Waals surface area contributed by atoms with Crippen LogP contribution in [0, 0.1) is 0 Å². The maximum Gasteiger partial charge on any atom is 0.291 e. The number of ether oxygens (including phenoxy) is 1. The number of amides is 1. The van der Waals surface area contributed by atoms with Crippen molar-refractivity contribution in [3.63, 3.8) is 0 Å². The van der Waals surface area contributed by atoms with Gasteiger partial charge in [0.2, 0.25) is 5.13 Å². The van der Waals surface area contributed by atoms with Crippen molar-refractivity contribution in [1.82, 2.24) is 10.2 Å². The van der Waals surface area contributed by atoms with Crippen LogP contribution in [0.25, 0.3) is 0 Å². The van der Waals surface area contributed by atoms with Gasteiger partial charge in [0.15, 0.2) is 5.01 Å². The number of carbonyl (C=O) groups excluding carboxylic acids is 1. The molecule has 1 N–H and O–H groups in total. The Morgan fingerprint density at radius 2 is 2.25 bits per heavy atom. The molecule has 0 unspecified atom stereocenters. The molecule has 104 valence electrons. The predicted molar refractivity (Wildman–Crippen MR) is 68.5 cm³/mol. The molecule has 0 saturated carbocycles. The lowest BCUT2D eigenvalue weighted by atomic mass is 10.1. The summed E-state index contributed by atoms with van der Waals surface area (Å²) >= 11 is 0.661. The van der Waals surface area contributed by atoms with Crippen LogP contribution in [0.15, 0.2) is 18.2 Å². The third-order valence-corrected chi connectivity index (χ3v) is 3.65. The highest BCUT2D eigenvalue weighted by atomic mass is 32.1. The third kappa shape index (κ3) is 2.46. The Morgan fingerprint density at radius 3 is 3.00 bits per heavy atom. The molecule has 0 saturated heterocycles. The SMILES string of the molecule is O=C(Nc1nnc(C(F)F)s1)c1ccc2c(c1)CCO2. The molecule has 1 aromatic carbocycles. The van der Waals surface area contributed by atoms with Gasteiger partial charge in [0.25, 0.3) is 12.3 Å². The summed E-state index contributed by atoms with van der Waals surface area (Å²) in [5.41, 5.74) is 1.39. The maximum atomic E-state index is 12.4. The van der Waals surface area contributed by atoms with E-state index < -0.39 is 17.3 Å². The molecular weight excluding hydrogens is 288 g/mol. The van der Waals surface area contributed by atoms with Crippen molar-refractivity contribution in [2.75, 3.05) is 11.9 Å². The fraction of sp³-hybridized carbons (Fsp3) is 0.250. The third-order valence-electron chi connectivity index (χ3n) is 2.80. The van der Waals surface area contributed by atoms with Crippen LogP contribution < -0.4 is 10.1 Å². The quantitative estimate of drug-likeness (QED) is 0.946. The first-order valence-electron chi connectivity index (χ1n) is 5.82. The minimum absolute atomic E-state index is 0.0575. The van der Waals surface area contributed by atoms with Gasteiger partial charge in [-0.05, 0) is 23.8 Å². The highest BCUT2D eigenvalue weighted by Crippen LogP contribution is 2.27. The highest BCUT2D eigenvalue weighted by Gasteiger charge is 2.18. The normalized spacial score (nSPS) is 13.2. The zero-order valence-corrected chi connectivity index (χ0v) is 10.9. The minimum atomic E-state index is -2.68. The zero-order valence-electron chi connectivity index (χ0n) is 10.1. The lowest BCUT2D eigenvalue weighted by Crippen LogP contribution is -2.11. The summed E-state index contributed by atoms with van der Waals surface area (Å²) in [5, 5.41) is 8.91. The molecule has 8 heteroatoms. The molecule has 3 rings (SSSR count). The smallest absolute Gasteiger partial charge is 0.291 e. The Balaban J connectivity index is 1.75. The summed E-state index contributed by atoms with van der Waals surface area (Å²) in [6.07, 6.45) is -1.93. The van der Waals surface area contributed by atoms with Crippen molar-refractivity contribution < 1.29 is 18.3 Å². The number of hydrogen-bond donors (Lipinski definition) is 1. The zero-order chi connectivity index (χ0) is 14.1. The van der Waals surface area contributed by atoms with Crippen molar-refractivity contribution in [3.05, 3.63) is 34.3 Å². The van der Waals surface area contributed by atoms with E-state index in [0.29, 0.717) is 23.5 Å². The van der Waals surface area contributed by atoms with Gasteiger partial charge < -0.3 is 4.74 Å². The molecule has 0 aliphatic carbocycles. The number of halogens is 2. The standard InChI is InChI=1S/C12H9F2N3O2S/c13-9(14)11-16-17-12(20-11)15-10(18)7-1-2-8-6(5-7)3-4-19-8/h1-2,5,9H,3-4H2,(H,15,17,18). The van der Waals surface area contributed by atoms with Crippen molar-refractivity contribution in [3.8, 4) is 5.75 Å². The lowest BCUT2D eigenvalue weighted by Gasteiger charge is -2.03. The Hall–Kier alpha value is -2.09. The van der Waals surface area contributed by atoms with E-state index in [9.17, 15) is 13.6 Å². The molecule has 0 spiro atoms. The summed E-state index contributed by atoms with van der Waals surface area (Å²) in [5.74, 6) is 0.370.